The molecule has 3 aromatic carbocycles. The molecule has 0 amide bonds. The third-order valence-corrected chi connectivity index (χ3v) is 9.45. The lowest BCUT2D eigenvalue weighted by Crippen LogP contribution is -2.40. The molecular formula is C34H26Cl3N3O3S. The molecular weight excluding hydrogens is 637 g/mol. The lowest BCUT2D eigenvalue weighted by atomic mass is 9.93. The second-order valence-electron chi connectivity index (χ2n) is 10.2. The number of ether oxygens (including phenoxy) is 1. The molecule has 0 saturated carbocycles. The molecule has 1 aliphatic heterocycles. The van der Waals surface area contributed by atoms with Crippen LogP contribution in [0.2, 0.25) is 15.1 Å². The summed E-state index contributed by atoms with van der Waals surface area (Å²) >= 11 is 20.0. The van der Waals surface area contributed by atoms with Crippen molar-refractivity contribution >= 4 is 63.9 Å². The van der Waals surface area contributed by atoms with E-state index in [1.807, 2.05) is 80.6 Å². The van der Waals surface area contributed by atoms with Gasteiger partial charge in [0.1, 0.15) is 0 Å². The molecule has 0 unspecified atom stereocenters. The number of hydrogen-bond acceptors (Lipinski definition) is 5. The summed E-state index contributed by atoms with van der Waals surface area (Å²) in [5.41, 5.74) is 5.59. The Labute approximate surface area is 272 Å². The van der Waals surface area contributed by atoms with Crippen LogP contribution in [0.4, 0.5) is 0 Å². The first-order valence-electron chi connectivity index (χ1n) is 13.9. The minimum atomic E-state index is -0.774. The maximum Gasteiger partial charge on any atom is 0.338 e. The van der Waals surface area contributed by atoms with Gasteiger partial charge in [-0.3, -0.25) is 9.36 Å². The number of thiazole rings is 1. The van der Waals surface area contributed by atoms with Crippen LogP contribution in [0.5, 0.6) is 0 Å². The summed E-state index contributed by atoms with van der Waals surface area (Å²) in [5.74, 6) is -0.533. The smallest absolute Gasteiger partial charge is 0.338 e. The molecule has 44 heavy (non-hydrogen) atoms. The van der Waals surface area contributed by atoms with Crippen LogP contribution in [0, 0.1) is 13.8 Å². The van der Waals surface area contributed by atoms with Crippen LogP contribution in [0.25, 0.3) is 17.5 Å². The zero-order valence-corrected chi connectivity index (χ0v) is 27.1. The molecule has 10 heteroatoms. The number of carbonyl (C=O) groups excluding carboxylic acids is 1. The zero-order valence-electron chi connectivity index (χ0n) is 24.0. The van der Waals surface area contributed by atoms with Crippen LogP contribution in [-0.4, -0.2) is 21.7 Å². The summed E-state index contributed by atoms with van der Waals surface area (Å²) in [4.78, 5) is 33.2. The van der Waals surface area contributed by atoms with Crippen molar-refractivity contribution in [1.29, 1.82) is 0 Å². The van der Waals surface area contributed by atoms with Crippen LogP contribution >= 0.6 is 46.1 Å². The molecule has 0 spiro atoms. The fourth-order valence-electron chi connectivity index (χ4n) is 5.50. The first-order valence-corrected chi connectivity index (χ1v) is 15.8. The molecule has 1 aliphatic rings. The van der Waals surface area contributed by atoms with E-state index < -0.39 is 12.0 Å². The van der Waals surface area contributed by atoms with E-state index in [4.69, 9.17) is 44.5 Å². The van der Waals surface area contributed by atoms with E-state index in [0.29, 0.717) is 35.7 Å². The molecule has 0 bridgehead atoms. The first kappa shape index (κ1) is 30.2. The van der Waals surface area contributed by atoms with Gasteiger partial charge >= 0.3 is 5.97 Å². The fraction of sp³-hybridized carbons (Fsp3) is 0.147. The molecule has 1 atom stereocenters. The zero-order chi connectivity index (χ0) is 31.1. The van der Waals surface area contributed by atoms with Crippen LogP contribution in [0.15, 0.2) is 94.2 Å². The van der Waals surface area contributed by atoms with Crippen molar-refractivity contribution in [2.45, 2.75) is 26.8 Å². The summed E-state index contributed by atoms with van der Waals surface area (Å²) in [6.45, 7) is 5.91. The number of halogens is 3. The molecule has 0 saturated heterocycles. The average Bonchev–Trinajstić information content (AvgIpc) is 3.48. The molecule has 5 aromatic rings. The van der Waals surface area contributed by atoms with Crippen molar-refractivity contribution in [3.63, 3.8) is 0 Å². The standard InChI is InChI=1S/C34H26Cl3N3O3S/c1-4-43-33(42)29-30(21-8-6-5-7-9-21)38-34-40(31(29)22-10-12-24(35)13-11-22)32(41)28(44-34)17-23-16-19(2)39(20(23)3)25-14-15-26(36)27(37)18-25/h5-18,31H,4H2,1-3H3/b28-17-/t31-/m0/s1. The molecule has 0 N–H and O–H groups in total. The van der Waals surface area contributed by atoms with E-state index in [-0.39, 0.29) is 17.7 Å². The van der Waals surface area contributed by atoms with E-state index in [9.17, 15) is 9.59 Å². The fourth-order valence-corrected chi connectivity index (χ4v) is 6.91. The van der Waals surface area contributed by atoms with Crippen molar-refractivity contribution in [2.75, 3.05) is 6.61 Å². The SMILES string of the molecule is CCOC(=O)C1=C(c2ccccc2)N=c2s/c(=C\c3cc(C)n(-c4ccc(Cl)c(Cl)c4)c3C)c(=O)n2[C@H]1c1ccc(Cl)cc1. The third kappa shape index (κ3) is 5.46. The molecule has 0 aliphatic carbocycles. The monoisotopic (exact) mass is 661 g/mol. The van der Waals surface area contributed by atoms with Crippen LogP contribution < -0.4 is 14.9 Å². The number of aryl methyl sites for hydroxylation is 1. The van der Waals surface area contributed by atoms with Gasteiger partial charge in [0.25, 0.3) is 5.56 Å². The van der Waals surface area contributed by atoms with Crippen LogP contribution in [-0.2, 0) is 9.53 Å². The molecule has 2 aromatic heterocycles. The highest BCUT2D eigenvalue weighted by Gasteiger charge is 2.35. The highest BCUT2D eigenvalue weighted by atomic mass is 35.5. The van der Waals surface area contributed by atoms with Crippen molar-refractivity contribution in [2.24, 2.45) is 4.99 Å². The molecule has 222 valence electrons. The molecule has 0 fully saturated rings. The van der Waals surface area contributed by atoms with Crippen molar-refractivity contribution in [1.82, 2.24) is 9.13 Å². The first-order chi connectivity index (χ1) is 21.2. The van der Waals surface area contributed by atoms with Gasteiger partial charge in [-0.1, -0.05) is 88.6 Å². The molecule has 6 rings (SSSR count). The van der Waals surface area contributed by atoms with Gasteiger partial charge in [-0.2, -0.15) is 0 Å². The Bertz CT molecular complexity index is 2130. The normalized spacial score (nSPS) is 14.9. The Kier molecular flexibility index (Phi) is 8.40. The van der Waals surface area contributed by atoms with E-state index in [2.05, 4.69) is 4.57 Å². The summed E-state index contributed by atoms with van der Waals surface area (Å²) in [6, 6.07) is 23.3. The number of esters is 1. The third-order valence-electron chi connectivity index (χ3n) is 7.48. The Balaban J connectivity index is 1.59. The second kappa shape index (κ2) is 12.3. The van der Waals surface area contributed by atoms with Crippen molar-refractivity contribution in [3.05, 3.63) is 147 Å². The molecule has 0 radical (unpaired) electrons. The second-order valence-corrected chi connectivity index (χ2v) is 12.5. The maximum atomic E-state index is 14.2. The summed E-state index contributed by atoms with van der Waals surface area (Å²) in [6.07, 6.45) is 1.87. The number of hydrogen-bond donors (Lipinski definition) is 0. The Morgan fingerprint density at radius 2 is 1.70 bits per heavy atom. The van der Waals surface area contributed by atoms with Gasteiger partial charge in [-0.25, -0.2) is 9.79 Å². The van der Waals surface area contributed by atoms with E-state index in [1.165, 1.54) is 11.3 Å². The number of rotatable bonds is 6. The quantitative estimate of drug-likeness (QED) is 0.179. The minimum Gasteiger partial charge on any atom is -0.463 e. The summed E-state index contributed by atoms with van der Waals surface area (Å²) in [5, 5.41) is 1.48. The lowest BCUT2D eigenvalue weighted by Gasteiger charge is -2.25. The Morgan fingerprint density at radius 1 is 0.977 bits per heavy atom. The molecule has 6 nitrogen and oxygen atoms in total. The van der Waals surface area contributed by atoms with Crippen molar-refractivity contribution in [3.8, 4) is 5.69 Å². The topological polar surface area (TPSA) is 65.6 Å². The van der Waals surface area contributed by atoms with Gasteiger partial charge in [0.05, 0.1) is 38.5 Å². The van der Waals surface area contributed by atoms with Crippen LogP contribution in [0.3, 0.4) is 0 Å². The highest BCUT2D eigenvalue weighted by molar-refractivity contribution is 7.07. The number of nitrogens with zero attached hydrogens (tertiary/aromatic N) is 3. The van der Waals surface area contributed by atoms with Crippen LogP contribution in [0.1, 0.15) is 41.0 Å². The molecule has 3 heterocycles. The van der Waals surface area contributed by atoms with Gasteiger partial charge < -0.3 is 9.30 Å². The Morgan fingerprint density at radius 3 is 2.39 bits per heavy atom. The Hall–Kier alpha value is -3.88. The van der Waals surface area contributed by atoms with Gasteiger partial charge in [-0.15, -0.1) is 0 Å². The lowest BCUT2D eigenvalue weighted by molar-refractivity contribution is -0.138. The van der Waals surface area contributed by atoms with E-state index in [0.717, 1.165) is 28.2 Å². The summed E-state index contributed by atoms with van der Waals surface area (Å²) < 4.78 is 9.66. The number of benzene rings is 3. The number of carbonyl (C=O) groups is 1. The maximum absolute atomic E-state index is 14.2. The highest BCUT2D eigenvalue weighted by Crippen LogP contribution is 2.35. The van der Waals surface area contributed by atoms with Gasteiger partial charge in [0, 0.05) is 27.7 Å². The predicted octanol–water partition coefficient (Wildman–Crippen LogP) is 7.30. The van der Waals surface area contributed by atoms with Crippen molar-refractivity contribution < 1.29 is 9.53 Å². The largest absolute Gasteiger partial charge is 0.463 e. The van der Waals surface area contributed by atoms with Gasteiger partial charge in [-0.05, 0) is 74.4 Å². The number of aromatic nitrogens is 2. The minimum absolute atomic E-state index is 0.177. The average molecular weight is 663 g/mol. The number of fused-ring (bicyclic) bond motifs is 1. The predicted molar refractivity (Wildman–Crippen MR) is 178 cm³/mol. The van der Waals surface area contributed by atoms with E-state index in [1.54, 1.807) is 29.7 Å². The van der Waals surface area contributed by atoms with Gasteiger partial charge in [0.2, 0.25) is 0 Å². The summed E-state index contributed by atoms with van der Waals surface area (Å²) in [7, 11) is 0. The van der Waals surface area contributed by atoms with E-state index >= 15 is 0 Å². The van der Waals surface area contributed by atoms with Gasteiger partial charge in [0.15, 0.2) is 4.80 Å².